The van der Waals surface area contributed by atoms with Crippen LogP contribution in [0.15, 0.2) is 17.5 Å². The van der Waals surface area contributed by atoms with Crippen LogP contribution in [0.2, 0.25) is 0 Å². The molecule has 0 amide bonds. The van der Waals surface area contributed by atoms with Gasteiger partial charge in [0.05, 0.1) is 28.8 Å². The number of benzene rings is 1. The molecule has 1 aliphatic heterocycles. The van der Waals surface area contributed by atoms with Gasteiger partial charge in [0.15, 0.2) is 11.6 Å². The summed E-state index contributed by atoms with van der Waals surface area (Å²) in [5.41, 5.74) is 1.22. The lowest BCUT2D eigenvalue weighted by Gasteiger charge is -2.23. The molecule has 1 fully saturated rings. The van der Waals surface area contributed by atoms with E-state index in [1.54, 1.807) is 11.3 Å². The molecular formula is C17H21FN4O3S. The maximum atomic E-state index is 13.9. The first-order valence-corrected chi connectivity index (χ1v) is 9.26. The second-order valence-electron chi connectivity index (χ2n) is 6.21. The number of rotatable bonds is 5. The summed E-state index contributed by atoms with van der Waals surface area (Å²) in [6.07, 6.45) is 0.861. The van der Waals surface area contributed by atoms with Crippen molar-refractivity contribution >= 4 is 22.7 Å². The van der Waals surface area contributed by atoms with E-state index in [2.05, 4.69) is 15.3 Å². The van der Waals surface area contributed by atoms with Gasteiger partial charge >= 0.3 is 0 Å². The van der Waals surface area contributed by atoms with Crippen LogP contribution in [0.1, 0.15) is 17.1 Å². The van der Waals surface area contributed by atoms with Crippen LogP contribution in [-0.2, 0) is 6.54 Å². The van der Waals surface area contributed by atoms with Crippen LogP contribution in [0.25, 0.3) is 0 Å². The minimum Gasteiger partial charge on any atom is -0.494 e. The molecule has 0 atom stereocenters. The highest BCUT2D eigenvalue weighted by atomic mass is 32.1. The molecule has 0 N–H and O–H groups in total. The summed E-state index contributed by atoms with van der Waals surface area (Å²) in [5, 5.41) is 14.5. The number of aromatic nitrogens is 1. The van der Waals surface area contributed by atoms with Gasteiger partial charge in [-0.3, -0.25) is 15.0 Å². The summed E-state index contributed by atoms with van der Waals surface area (Å²) >= 11 is 1.63. The number of hydrogen-bond acceptors (Lipinski definition) is 7. The molecule has 0 saturated carbocycles. The molecule has 9 heteroatoms. The number of nitro groups is 1. The van der Waals surface area contributed by atoms with E-state index in [4.69, 9.17) is 4.74 Å². The molecule has 2 aromatic rings. The molecule has 26 heavy (non-hydrogen) atoms. The average Bonchev–Trinajstić information content (AvgIpc) is 2.88. The quantitative estimate of drug-likeness (QED) is 0.586. The van der Waals surface area contributed by atoms with Gasteiger partial charge in [0.2, 0.25) is 0 Å². The van der Waals surface area contributed by atoms with Gasteiger partial charge in [-0.1, -0.05) is 0 Å². The number of halogens is 1. The van der Waals surface area contributed by atoms with E-state index in [0.29, 0.717) is 18.8 Å². The van der Waals surface area contributed by atoms with E-state index in [1.165, 1.54) is 13.2 Å². The summed E-state index contributed by atoms with van der Waals surface area (Å²) in [5.74, 6) is -0.706. The number of ether oxygens (including phenoxy) is 1. The van der Waals surface area contributed by atoms with E-state index >= 15 is 0 Å². The third-order valence-corrected chi connectivity index (χ3v) is 5.25. The predicted molar refractivity (Wildman–Crippen MR) is 98.6 cm³/mol. The zero-order valence-electron chi connectivity index (χ0n) is 14.8. The maximum absolute atomic E-state index is 13.9. The van der Waals surface area contributed by atoms with Crippen molar-refractivity contribution < 1.29 is 14.1 Å². The molecule has 0 bridgehead atoms. The molecule has 0 aliphatic carbocycles. The fourth-order valence-electron chi connectivity index (χ4n) is 3.17. The van der Waals surface area contributed by atoms with Crippen molar-refractivity contribution in [3.8, 4) is 5.75 Å². The Kier molecular flexibility index (Phi) is 5.67. The SMILES string of the molecule is COc1cc(N2CCCN(Cc3csc(C)n3)CC2)c([N+](=O)[O-])cc1F. The zero-order valence-corrected chi connectivity index (χ0v) is 15.6. The number of nitro benzene ring substituents is 1. The molecule has 3 rings (SSSR count). The van der Waals surface area contributed by atoms with E-state index in [0.717, 1.165) is 42.8 Å². The van der Waals surface area contributed by atoms with Gasteiger partial charge in [-0.15, -0.1) is 11.3 Å². The number of aryl methyl sites for hydroxylation is 1. The fraction of sp³-hybridized carbons (Fsp3) is 0.471. The fourth-order valence-corrected chi connectivity index (χ4v) is 3.77. The van der Waals surface area contributed by atoms with Crippen molar-refractivity contribution in [2.75, 3.05) is 38.2 Å². The van der Waals surface area contributed by atoms with Crippen LogP contribution in [-0.4, -0.2) is 48.1 Å². The number of thiazole rings is 1. The summed E-state index contributed by atoms with van der Waals surface area (Å²) < 4.78 is 18.9. The Hall–Kier alpha value is -2.26. The van der Waals surface area contributed by atoms with Crippen molar-refractivity contribution in [1.29, 1.82) is 0 Å². The van der Waals surface area contributed by atoms with E-state index in [1.807, 2.05) is 11.8 Å². The second-order valence-corrected chi connectivity index (χ2v) is 7.27. The van der Waals surface area contributed by atoms with Gasteiger partial charge in [-0.25, -0.2) is 9.37 Å². The van der Waals surface area contributed by atoms with Crippen LogP contribution < -0.4 is 9.64 Å². The van der Waals surface area contributed by atoms with Crippen molar-refractivity contribution in [2.24, 2.45) is 0 Å². The third kappa shape index (κ3) is 4.10. The van der Waals surface area contributed by atoms with Crippen LogP contribution in [0.5, 0.6) is 5.75 Å². The Morgan fingerprint density at radius 1 is 1.35 bits per heavy atom. The normalized spacial score (nSPS) is 15.7. The van der Waals surface area contributed by atoms with Crippen LogP contribution in [0, 0.1) is 22.9 Å². The minimum absolute atomic E-state index is 0.0182. The lowest BCUT2D eigenvalue weighted by molar-refractivity contribution is -0.384. The molecule has 0 spiro atoms. The Balaban J connectivity index is 1.77. The largest absolute Gasteiger partial charge is 0.494 e. The highest BCUT2D eigenvalue weighted by Crippen LogP contribution is 2.35. The summed E-state index contributed by atoms with van der Waals surface area (Å²) in [6, 6.07) is 2.36. The molecule has 1 aromatic heterocycles. The first kappa shape index (κ1) is 18.5. The molecular weight excluding hydrogens is 359 g/mol. The predicted octanol–water partition coefficient (Wildman–Crippen LogP) is 3.22. The molecule has 0 radical (unpaired) electrons. The summed E-state index contributed by atoms with van der Waals surface area (Å²) in [6.45, 7) is 5.69. The van der Waals surface area contributed by atoms with Crippen LogP contribution in [0.4, 0.5) is 15.8 Å². The monoisotopic (exact) mass is 380 g/mol. The first-order valence-electron chi connectivity index (χ1n) is 8.38. The Morgan fingerprint density at radius 3 is 2.81 bits per heavy atom. The van der Waals surface area contributed by atoms with Crippen molar-refractivity contribution in [2.45, 2.75) is 19.9 Å². The van der Waals surface area contributed by atoms with Crippen molar-refractivity contribution in [3.63, 3.8) is 0 Å². The Bertz CT molecular complexity index is 798. The van der Waals surface area contributed by atoms with Gasteiger partial charge in [0.1, 0.15) is 5.69 Å². The molecule has 1 aliphatic rings. The lowest BCUT2D eigenvalue weighted by Crippen LogP contribution is -2.31. The van der Waals surface area contributed by atoms with E-state index in [9.17, 15) is 14.5 Å². The topological polar surface area (TPSA) is 71.7 Å². The van der Waals surface area contributed by atoms with Gasteiger partial charge in [-0.2, -0.15) is 0 Å². The molecule has 7 nitrogen and oxygen atoms in total. The number of anilines is 1. The van der Waals surface area contributed by atoms with E-state index < -0.39 is 10.7 Å². The average molecular weight is 380 g/mol. The molecule has 0 unspecified atom stereocenters. The Labute approximate surface area is 155 Å². The smallest absolute Gasteiger partial charge is 0.295 e. The van der Waals surface area contributed by atoms with Gasteiger partial charge in [0.25, 0.3) is 5.69 Å². The summed E-state index contributed by atoms with van der Waals surface area (Å²) in [4.78, 5) is 19.5. The third-order valence-electron chi connectivity index (χ3n) is 4.43. The standard InChI is InChI=1S/C17H21FN4O3S/c1-12-19-13(11-26-12)10-20-4-3-5-21(7-6-20)15-9-17(25-2)14(18)8-16(15)22(23)24/h8-9,11H,3-7,10H2,1-2H3. The lowest BCUT2D eigenvalue weighted by atomic mass is 10.2. The molecule has 140 valence electrons. The zero-order chi connectivity index (χ0) is 18.7. The Morgan fingerprint density at radius 2 is 2.15 bits per heavy atom. The van der Waals surface area contributed by atoms with E-state index in [-0.39, 0.29) is 11.4 Å². The minimum atomic E-state index is -0.724. The maximum Gasteiger partial charge on any atom is 0.295 e. The molecule has 1 aromatic carbocycles. The molecule has 1 saturated heterocycles. The van der Waals surface area contributed by atoms with Gasteiger partial charge in [0, 0.05) is 44.2 Å². The van der Waals surface area contributed by atoms with Crippen LogP contribution in [0.3, 0.4) is 0 Å². The van der Waals surface area contributed by atoms with Crippen molar-refractivity contribution in [3.05, 3.63) is 44.1 Å². The number of nitrogens with zero attached hydrogens (tertiary/aromatic N) is 4. The van der Waals surface area contributed by atoms with Crippen molar-refractivity contribution in [1.82, 2.24) is 9.88 Å². The first-order chi connectivity index (χ1) is 12.5. The number of methoxy groups -OCH3 is 1. The van der Waals surface area contributed by atoms with Gasteiger partial charge in [-0.05, 0) is 13.3 Å². The highest BCUT2D eigenvalue weighted by molar-refractivity contribution is 7.09. The summed E-state index contributed by atoms with van der Waals surface area (Å²) in [7, 11) is 1.36. The van der Waals surface area contributed by atoms with Gasteiger partial charge < -0.3 is 9.64 Å². The highest BCUT2D eigenvalue weighted by Gasteiger charge is 2.25. The van der Waals surface area contributed by atoms with Crippen LogP contribution >= 0.6 is 11.3 Å². The molecule has 2 heterocycles. The number of hydrogen-bond donors (Lipinski definition) is 0. The second kappa shape index (κ2) is 7.96.